The van der Waals surface area contributed by atoms with E-state index >= 15 is 0 Å². The van der Waals surface area contributed by atoms with E-state index in [9.17, 15) is 0 Å². The van der Waals surface area contributed by atoms with Gasteiger partial charge in [-0.3, -0.25) is 0 Å². The number of rotatable bonds is 1. The highest BCUT2D eigenvalue weighted by Gasteiger charge is 2.19. The smallest absolute Gasteiger partial charge is 0.179 e. The zero-order chi connectivity index (χ0) is 8.23. The lowest BCUT2D eigenvalue weighted by Gasteiger charge is -2.27. The molecule has 0 unspecified atom stereocenters. The molecule has 68 valence electrons. The van der Waals surface area contributed by atoms with Gasteiger partial charge in [0.1, 0.15) is 0 Å². The molecule has 12 heavy (non-hydrogen) atoms. The lowest BCUT2D eigenvalue weighted by molar-refractivity contribution is -0.158. The molecule has 2 rings (SSSR count). The van der Waals surface area contributed by atoms with Gasteiger partial charge >= 0.3 is 0 Å². The Balaban J connectivity index is 1.92. The van der Waals surface area contributed by atoms with Crippen molar-refractivity contribution in [2.45, 2.75) is 38.4 Å². The van der Waals surface area contributed by atoms with Crippen molar-refractivity contribution in [3.8, 4) is 0 Å². The Morgan fingerprint density at radius 3 is 2.58 bits per heavy atom. The van der Waals surface area contributed by atoms with Gasteiger partial charge in [0.05, 0.1) is 13.2 Å². The van der Waals surface area contributed by atoms with E-state index in [1.165, 1.54) is 31.3 Å². The van der Waals surface area contributed by atoms with Gasteiger partial charge in [-0.15, -0.1) is 0 Å². The Hall–Kier alpha value is -0.340. The van der Waals surface area contributed by atoms with E-state index in [1.807, 2.05) is 0 Å². The van der Waals surface area contributed by atoms with Crippen LogP contribution >= 0.6 is 0 Å². The van der Waals surface area contributed by atoms with Crippen molar-refractivity contribution in [2.75, 3.05) is 13.2 Å². The summed E-state index contributed by atoms with van der Waals surface area (Å²) in [4.78, 5) is 0. The number of hydrogen-bond donors (Lipinski definition) is 0. The van der Waals surface area contributed by atoms with Gasteiger partial charge in [0.15, 0.2) is 6.29 Å². The first kappa shape index (κ1) is 8.27. The van der Waals surface area contributed by atoms with Gasteiger partial charge in [-0.1, -0.05) is 6.08 Å². The van der Waals surface area contributed by atoms with Gasteiger partial charge in [0, 0.05) is 0 Å². The van der Waals surface area contributed by atoms with Gasteiger partial charge in [-0.05, 0) is 37.7 Å². The van der Waals surface area contributed by atoms with Crippen molar-refractivity contribution in [2.24, 2.45) is 0 Å². The first-order chi connectivity index (χ1) is 5.97. The highest BCUT2D eigenvalue weighted by Crippen LogP contribution is 2.24. The summed E-state index contributed by atoms with van der Waals surface area (Å²) in [6.07, 6.45) is 8.34. The monoisotopic (exact) mass is 168 g/mol. The van der Waals surface area contributed by atoms with Crippen LogP contribution in [0.15, 0.2) is 11.6 Å². The minimum absolute atomic E-state index is 0.000880. The first-order valence-corrected chi connectivity index (χ1v) is 4.89. The SMILES string of the molecule is C1=C(C2OCCCO2)CCCC1. The molecule has 0 N–H and O–H groups in total. The van der Waals surface area contributed by atoms with Crippen LogP contribution in [0.25, 0.3) is 0 Å². The molecule has 2 heteroatoms. The summed E-state index contributed by atoms with van der Waals surface area (Å²) >= 11 is 0. The molecule has 0 radical (unpaired) electrons. The van der Waals surface area contributed by atoms with Crippen molar-refractivity contribution in [3.63, 3.8) is 0 Å². The van der Waals surface area contributed by atoms with E-state index in [4.69, 9.17) is 9.47 Å². The largest absolute Gasteiger partial charge is 0.349 e. The van der Waals surface area contributed by atoms with Crippen molar-refractivity contribution < 1.29 is 9.47 Å². The van der Waals surface area contributed by atoms with Crippen LogP contribution < -0.4 is 0 Å². The van der Waals surface area contributed by atoms with Crippen molar-refractivity contribution in [1.82, 2.24) is 0 Å². The fourth-order valence-corrected chi connectivity index (χ4v) is 1.78. The molecule has 1 heterocycles. The zero-order valence-corrected chi connectivity index (χ0v) is 7.42. The fourth-order valence-electron chi connectivity index (χ4n) is 1.78. The number of hydrogen-bond acceptors (Lipinski definition) is 2. The van der Waals surface area contributed by atoms with E-state index in [2.05, 4.69) is 6.08 Å². The molecule has 2 aliphatic rings. The van der Waals surface area contributed by atoms with Crippen LogP contribution in [0.5, 0.6) is 0 Å². The molecule has 0 atom stereocenters. The maximum absolute atomic E-state index is 5.53. The van der Waals surface area contributed by atoms with E-state index < -0.39 is 0 Å². The van der Waals surface area contributed by atoms with Crippen LogP contribution in [0.4, 0.5) is 0 Å². The summed E-state index contributed by atoms with van der Waals surface area (Å²) in [6.45, 7) is 1.73. The predicted molar refractivity (Wildman–Crippen MR) is 46.9 cm³/mol. The van der Waals surface area contributed by atoms with Gasteiger partial charge in [0.25, 0.3) is 0 Å². The van der Waals surface area contributed by atoms with Gasteiger partial charge in [-0.2, -0.15) is 0 Å². The molecule has 0 saturated carbocycles. The molecule has 1 aliphatic heterocycles. The van der Waals surface area contributed by atoms with E-state index in [0.29, 0.717) is 0 Å². The first-order valence-electron chi connectivity index (χ1n) is 4.89. The van der Waals surface area contributed by atoms with Gasteiger partial charge in [0.2, 0.25) is 0 Å². The second-order valence-corrected chi connectivity index (χ2v) is 3.45. The van der Waals surface area contributed by atoms with Crippen LogP contribution in [0.1, 0.15) is 32.1 Å². The van der Waals surface area contributed by atoms with Crippen LogP contribution in [0.2, 0.25) is 0 Å². The highest BCUT2D eigenvalue weighted by atomic mass is 16.7. The third-order valence-corrected chi connectivity index (χ3v) is 2.46. The van der Waals surface area contributed by atoms with Crippen molar-refractivity contribution in [1.29, 1.82) is 0 Å². The highest BCUT2D eigenvalue weighted by molar-refractivity contribution is 5.08. The van der Waals surface area contributed by atoms with Gasteiger partial charge in [-0.25, -0.2) is 0 Å². The zero-order valence-electron chi connectivity index (χ0n) is 7.42. The summed E-state index contributed by atoms with van der Waals surface area (Å²) in [6, 6.07) is 0. The molecular weight excluding hydrogens is 152 g/mol. The molecule has 0 aromatic rings. The van der Waals surface area contributed by atoms with E-state index in [1.54, 1.807) is 0 Å². The molecule has 0 aromatic heterocycles. The Bertz CT molecular complexity index is 169. The van der Waals surface area contributed by atoms with Gasteiger partial charge < -0.3 is 9.47 Å². The Kier molecular flexibility index (Phi) is 2.79. The molecule has 1 aliphatic carbocycles. The van der Waals surface area contributed by atoms with Crippen molar-refractivity contribution >= 4 is 0 Å². The Labute approximate surface area is 73.5 Å². The number of ether oxygens (including phenoxy) is 2. The minimum atomic E-state index is -0.000880. The molecule has 1 fully saturated rings. The average molecular weight is 168 g/mol. The Morgan fingerprint density at radius 1 is 1.08 bits per heavy atom. The molecule has 0 spiro atoms. The number of allylic oxidation sites excluding steroid dienone is 1. The maximum Gasteiger partial charge on any atom is 0.179 e. The van der Waals surface area contributed by atoms with E-state index in [-0.39, 0.29) is 6.29 Å². The second-order valence-electron chi connectivity index (χ2n) is 3.45. The summed E-state index contributed by atoms with van der Waals surface area (Å²) in [5, 5.41) is 0. The van der Waals surface area contributed by atoms with Crippen molar-refractivity contribution in [3.05, 3.63) is 11.6 Å². The molecule has 2 nitrogen and oxygen atoms in total. The van der Waals surface area contributed by atoms with Crippen LogP contribution in [0.3, 0.4) is 0 Å². The summed E-state index contributed by atoms with van der Waals surface area (Å²) in [5.41, 5.74) is 1.38. The quantitative estimate of drug-likeness (QED) is 0.559. The molecule has 0 aromatic carbocycles. The fraction of sp³-hybridized carbons (Fsp3) is 0.800. The summed E-state index contributed by atoms with van der Waals surface area (Å²) in [5.74, 6) is 0. The molecule has 0 bridgehead atoms. The summed E-state index contributed by atoms with van der Waals surface area (Å²) in [7, 11) is 0. The second kappa shape index (κ2) is 4.06. The lowest BCUT2D eigenvalue weighted by Crippen LogP contribution is -2.27. The van der Waals surface area contributed by atoms with Crippen LogP contribution in [0, 0.1) is 0 Å². The minimum Gasteiger partial charge on any atom is -0.349 e. The average Bonchev–Trinajstić information content (AvgIpc) is 2.21. The molecular formula is C10H16O2. The van der Waals surface area contributed by atoms with Crippen LogP contribution in [-0.2, 0) is 9.47 Å². The maximum atomic E-state index is 5.53. The molecule has 1 saturated heterocycles. The Morgan fingerprint density at radius 2 is 1.92 bits per heavy atom. The van der Waals surface area contributed by atoms with E-state index in [0.717, 1.165) is 19.6 Å². The lowest BCUT2D eigenvalue weighted by atomic mass is 9.99. The topological polar surface area (TPSA) is 18.5 Å². The van der Waals surface area contributed by atoms with Crippen LogP contribution in [-0.4, -0.2) is 19.5 Å². The predicted octanol–water partition coefficient (Wildman–Crippen LogP) is 2.25. The summed E-state index contributed by atoms with van der Waals surface area (Å²) < 4.78 is 11.1. The normalized spacial score (nSPS) is 26.8. The molecule has 0 amide bonds. The standard InChI is InChI=1S/C10H16O2/c1-2-5-9(6-3-1)10-11-7-4-8-12-10/h5,10H,1-4,6-8H2. The third kappa shape index (κ3) is 1.87. The third-order valence-electron chi connectivity index (χ3n) is 2.46.